The molecule has 5 heteroatoms. The molecule has 5 N–H and O–H groups in total. The van der Waals surface area contributed by atoms with Crippen LogP contribution in [0, 0.1) is 63.7 Å². The molecule has 2 rings (SSSR count). The molecule has 0 heterocycles. The minimum absolute atomic E-state index is 0. The van der Waals surface area contributed by atoms with E-state index in [1.54, 1.807) is 0 Å². The van der Waals surface area contributed by atoms with E-state index in [0.717, 1.165) is 52.2 Å². The monoisotopic (exact) mass is 372 g/mol. The first-order valence-electron chi connectivity index (χ1n) is 8.63. The number of hydrogen-bond acceptors (Lipinski definition) is 4. The van der Waals surface area contributed by atoms with Crippen LogP contribution in [-0.4, -0.2) is 45.8 Å². The molecule has 2 saturated carbocycles. The molecule has 0 aromatic heterocycles. The summed E-state index contributed by atoms with van der Waals surface area (Å²) in [4.78, 5) is 0. The van der Waals surface area contributed by atoms with Gasteiger partial charge in [0.15, 0.2) is 0 Å². The van der Waals surface area contributed by atoms with Gasteiger partial charge in [-0.05, 0) is 103 Å². The van der Waals surface area contributed by atoms with Crippen LogP contribution >= 0.6 is 0 Å². The molecule has 0 saturated heterocycles. The van der Waals surface area contributed by atoms with Crippen LogP contribution in [0.25, 0.3) is 0 Å². The molecule has 2 aliphatic carbocycles. The zero-order chi connectivity index (χ0) is 16.4. The van der Waals surface area contributed by atoms with E-state index in [1.807, 2.05) is 32.1 Å². The Bertz CT molecular complexity index is 224. The Balaban J connectivity index is 0.000000751. The zero-order valence-electron chi connectivity index (χ0n) is 14.5. The third kappa shape index (κ3) is 15.9. The molecule has 2 fully saturated rings. The molecule has 0 bridgehead atoms. The fourth-order valence-electron chi connectivity index (χ4n) is 2.08. The Morgan fingerprint density at radius 1 is 0.625 bits per heavy atom. The molecule has 0 atom stereocenters. The van der Waals surface area contributed by atoms with E-state index in [2.05, 4.69) is 41.6 Å². The summed E-state index contributed by atoms with van der Waals surface area (Å²) in [6.45, 7) is 6.99. The van der Waals surface area contributed by atoms with E-state index in [0.29, 0.717) is 0 Å². The first-order chi connectivity index (χ1) is 11.4. The second-order valence-electron chi connectivity index (χ2n) is 5.43. The second-order valence-corrected chi connectivity index (χ2v) is 5.43. The molecule has 4 nitrogen and oxygen atoms in total. The van der Waals surface area contributed by atoms with Gasteiger partial charge in [0.05, 0.1) is 0 Å². The number of nitrogens with two attached hydrogens (primary N) is 1. The number of nitrogens with one attached hydrogen (secondary N) is 3. The van der Waals surface area contributed by atoms with Crippen molar-refractivity contribution in [1.29, 1.82) is 0 Å². The van der Waals surface area contributed by atoms with E-state index in [4.69, 9.17) is 5.73 Å². The third-order valence-corrected chi connectivity index (χ3v) is 3.36. The summed E-state index contributed by atoms with van der Waals surface area (Å²) in [6, 6.07) is 0. The summed E-state index contributed by atoms with van der Waals surface area (Å²) in [5, 5.41) is 10.2. The fourth-order valence-corrected chi connectivity index (χ4v) is 2.08. The van der Waals surface area contributed by atoms with E-state index in [-0.39, 0.29) is 17.1 Å². The van der Waals surface area contributed by atoms with Crippen LogP contribution in [-0.2, 0) is 17.1 Å². The van der Waals surface area contributed by atoms with Gasteiger partial charge in [-0.1, -0.05) is 0 Å². The van der Waals surface area contributed by atoms with Crippen molar-refractivity contribution in [2.24, 2.45) is 5.73 Å². The summed E-state index contributed by atoms with van der Waals surface area (Å²) in [5.74, 6) is 1.37. The van der Waals surface area contributed by atoms with Gasteiger partial charge in [0.1, 0.15) is 0 Å². The molecule has 0 spiro atoms. The number of hydrogen-bond donors (Lipinski definition) is 4. The van der Waals surface area contributed by atoms with E-state index >= 15 is 0 Å². The predicted octanol–water partition coefficient (Wildman–Crippen LogP) is 0.918. The Labute approximate surface area is 161 Å². The minimum atomic E-state index is 0. The van der Waals surface area contributed by atoms with Crippen molar-refractivity contribution < 1.29 is 17.1 Å². The van der Waals surface area contributed by atoms with Gasteiger partial charge in [-0.3, -0.25) is 0 Å². The standard InChI is InChI=1S/C14H27N4.C5H5.Fe/c15-7-3-8-16-11-12-17-9-4-10-18-13-14-5-1-2-6-14;1-2-4-5-3-1;/h1-2,5-6,16-18H,3-4,7-13,15H2;1-5H;. The Morgan fingerprint density at radius 3 is 1.67 bits per heavy atom. The van der Waals surface area contributed by atoms with Crippen molar-refractivity contribution in [3.8, 4) is 0 Å². The summed E-state index contributed by atoms with van der Waals surface area (Å²) in [5.41, 5.74) is 5.41. The van der Waals surface area contributed by atoms with Crippen LogP contribution in [0.3, 0.4) is 0 Å². The van der Waals surface area contributed by atoms with Crippen LogP contribution in [0.5, 0.6) is 0 Å². The van der Waals surface area contributed by atoms with Gasteiger partial charge >= 0.3 is 0 Å². The largest absolute Gasteiger partial charge is 0.330 e. The molecular weight excluding hydrogens is 340 g/mol. The van der Waals surface area contributed by atoms with Crippen molar-refractivity contribution >= 4 is 0 Å². The molecule has 10 radical (unpaired) electrons. The van der Waals surface area contributed by atoms with Crippen molar-refractivity contribution in [2.45, 2.75) is 12.8 Å². The Kier molecular flexibility index (Phi) is 20.0. The molecule has 0 amide bonds. The van der Waals surface area contributed by atoms with Crippen LogP contribution in [0.2, 0.25) is 0 Å². The fraction of sp³-hybridized carbons (Fsp3) is 0.474. The molecular formula is C19H32FeN4. The van der Waals surface area contributed by atoms with Crippen LogP contribution in [0.15, 0.2) is 0 Å². The average molecular weight is 372 g/mol. The quantitative estimate of drug-likeness (QED) is 0.304. The van der Waals surface area contributed by atoms with E-state index in [9.17, 15) is 0 Å². The first-order valence-corrected chi connectivity index (χ1v) is 8.63. The van der Waals surface area contributed by atoms with Gasteiger partial charge in [-0.15, -0.1) is 0 Å². The summed E-state index contributed by atoms with van der Waals surface area (Å²) in [6.07, 6.45) is 20.7. The Hall–Kier alpha value is 0.359. The third-order valence-electron chi connectivity index (χ3n) is 3.36. The predicted molar refractivity (Wildman–Crippen MR) is 98.8 cm³/mol. The Morgan fingerprint density at radius 2 is 1.12 bits per heavy atom. The SMILES string of the molecule is NCCCNCCNCCCNC[C]1[CH][CH][CH][CH]1.[CH]1[CH][CH][CH][CH]1.[Fe]. The van der Waals surface area contributed by atoms with Crippen LogP contribution < -0.4 is 21.7 Å². The second kappa shape index (κ2) is 19.7. The topological polar surface area (TPSA) is 62.1 Å². The van der Waals surface area contributed by atoms with Gasteiger partial charge in [-0.25, -0.2) is 0 Å². The van der Waals surface area contributed by atoms with Crippen LogP contribution in [0.1, 0.15) is 12.8 Å². The summed E-state index contributed by atoms with van der Waals surface area (Å²) < 4.78 is 0. The average Bonchev–Trinajstić information content (AvgIpc) is 3.28. The maximum absolute atomic E-state index is 5.41. The molecule has 0 aromatic carbocycles. The van der Waals surface area contributed by atoms with Crippen molar-refractivity contribution in [2.75, 3.05) is 45.8 Å². The van der Waals surface area contributed by atoms with Gasteiger partial charge in [0.25, 0.3) is 0 Å². The van der Waals surface area contributed by atoms with E-state index < -0.39 is 0 Å². The molecule has 0 aliphatic heterocycles. The molecule has 136 valence electrons. The van der Waals surface area contributed by atoms with Gasteiger partial charge in [0, 0.05) is 36.7 Å². The summed E-state index contributed by atoms with van der Waals surface area (Å²) >= 11 is 0. The smallest absolute Gasteiger partial charge is 0.00767 e. The molecule has 0 unspecified atom stereocenters. The summed E-state index contributed by atoms with van der Waals surface area (Å²) in [7, 11) is 0. The van der Waals surface area contributed by atoms with Crippen LogP contribution in [0.4, 0.5) is 0 Å². The van der Waals surface area contributed by atoms with Crippen molar-refractivity contribution in [3.05, 3.63) is 63.7 Å². The minimum Gasteiger partial charge on any atom is -0.330 e. The maximum Gasteiger partial charge on any atom is 0.00767 e. The maximum atomic E-state index is 5.41. The first kappa shape index (κ1) is 24.4. The van der Waals surface area contributed by atoms with Crippen molar-refractivity contribution in [1.82, 2.24) is 16.0 Å². The molecule has 2 aliphatic rings. The van der Waals surface area contributed by atoms with Gasteiger partial charge in [-0.2, -0.15) is 0 Å². The normalized spacial score (nSPS) is 17.4. The van der Waals surface area contributed by atoms with Gasteiger partial charge < -0.3 is 21.7 Å². The molecule has 24 heavy (non-hydrogen) atoms. The zero-order valence-corrected chi connectivity index (χ0v) is 15.6. The van der Waals surface area contributed by atoms with Crippen molar-refractivity contribution in [3.63, 3.8) is 0 Å². The van der Waals surface area contributed by atoms with E-state index in [1.165, 1.54) is 12.3 Å². The molecule has 0 aromatic rings. The van der Waals surface area contributed by atoms with Gasteiger partial charge in [0.2, 0.25) is 0 Å². The number of rotatable bonds is 12.